The SMILES string of the molecule is CCCCC(CC)Cc1ccc(OCCO)cc1. The predicted octanol–water partition coefficient (Wildman–Crippen LogP) is 3.82. The minimum absolute atomic E-state index is 0.0661. The molecule has 18 heavy (non-hydrogen) atoms. The van der Waals surface area contributed by atoms with Crippen molar-refractivity contribution in [3.63, 3.8) is 0 Å². The third-order valence-electron chi connectivity index (χ3n) is 3.35. The van der Waals surface area contributed by atoms with Crippen LogP contribution >= 0.6 is 0 Å². The number of ether oxygens (including phenoxy) is 1. The molecule has 0 bridgehead atoms. The Morgan fingerprint density at radius 3 is 2.44 bits per heavy atom. The van der Waals surface area contributed by atoms with Crippen LogP contribution in [0.4, 0.5) is 0 Å². The molecule has 1 unspecified atom stereocenters. The molecule has 1 aromatic rings. The first-order chi connectivity index (χ1) is 8.80. The van der Waals surface area contributed by atoms with E-state index in [2.05, 4.69) is 26.0 Å². The lowest BCUT2D eigenvalue weighted by atomic mass is 9.92. The van der Waals surface area contributed by atoms with Crippen LogP contribution < -0.4 is 4.74 Å². The minimum atomic E-state index is 0.0661. The lowest BCUT2D eigenvalue weighted by molar-refractivity contribution is 0.201. The van der Waals surface area contributed by atoms with Crippen LogP contribution in [-0.2, 0) is 6.42 Å². The van der Waals surface area contributed by atoms with E-state index in [9.17, 15) is 0 Å². The first kappa shape index (κ1) is 15.0. The third-order valence-corrected chi connectivity index (χ3v) is 3.35. The van der Waals surface area contributed by atoms with E-state index < -0.39 is 0 Å². The topological polar surface area (TPSA) is 29.5 Å². The van der Waals surface area contributed by atoms with Crippen LogP contribution in [0.25, 0.3) is 0 Å². The Labute approximate surface area is 111 Å². The number of aliphatic hydroxyl groups excluding tert-OH is 1. The molecular weight excluding hydrogens is 224 g/mol. The highest BCUT2D eigenvalue weighted by Crippen LogP contribution is 2.20. The van der Waals surface area contributed by atoms with Crippen LogP contribution in [0.15, 0.2) is 24.3 Å². The van der Waals surface area contributed by atoms with Crippen molar-refractivity contribution in [3.8, 4) is 5.75 Å². The van der Waals surface area contributed by atoms with Crippen LogP contribution in [-0.4, -0.2) is 18.3 Å². The van der Waals surface area contributed by atoms with Crippen molar-refractivity contribution in [1.29, 1.82) is 0 Å². The Morgan fingerprint density at radius 1 is 1.17 bits per heavy atom. The fraction of sp³-hybridized carbons (Fsp3) is 0.625. The van der Waals surface area contributed by atoms with Gasteiger partial charge in [0.1, 0.15) is 12.4 Å². The molecule has 2 heteroatoms. The maximum Gasteiger partial charge on any atom is 0.119 e. The molecule has 0 saturated heterocycles. The normalized spacial score (nSPS) is 12.4. The maximum absolute atomic E-state index is 8.69. The molecule has 0 radical (unpaired) electrons. The fourth-order valence-corrected chi connectivity index (χ4v) is 2.16. The summed E-state index contributed by atoms with van der Waals surface area (Å²) in [6.07, 6.45) is 6.36. The summed E-state index contributed by atoms with van der Waals surface area (Å²) in [6.45, 7) is 4.96. The second-order valence-corrected chi connectivity index (χ2v) is 4.84. The van der Waals surface area contributed by atoms with Crippen LogP contribution in [0.5, 0.6) is 5.75 Å². The average molecular weight is 250 g/mol. The monoisotopic (exact) mass is 250 g/mol. The Hall–Kier alpha value is -1.02. The molecular formula is C16H26O2. The first-order valence-corrected chi connectivity index (χ1v) is 7.12. The van der Waals surface area contributed by atoms with Gasteiger partial charge in [-0.25, -0.2) is 0 Å². The lowest BCUT2D eigenvalue weighted by Crippen LogP contribution is -2.04. The molecule has 1 aromatic carbocycles. The van der Waals surface area contributed by atoms with E-state index >= 15 is 0 Å². The molecule has 0 aliphatic heterocycles. The van der Waals surface area contributed by atoms with Gasteiger partial charge in [-0.2, -0.15) is 0 Å². The van der Waals surface area contributed by atoms with Crippen LogP contribution in [0.1, 0.15) is 45.1 Å². The summed E-state index contributed by atoms with van der Waals surface area (Å²) in [4.78, 5) is 0. The van der Waals surface area contributed by atoms with E-state index in [0.717, 1.165) is 18.1 Å². The van der Waals surface area contributed by atoms with Gasteiger partial charge in [-0.15, -0.1) is 0 Å². The molecule has 1 N–H and O–H groups in total. The van der Waals surface area contributed by atoms with Gasteiger partial charge in [0.05, 0.1) is 6.61 Å². The molecule has 0 fully saturated rings. The van der Waals surface area contributed by atoms with Crippen molar-refractivity contribution in [2.24, 2.45) is 5.92 Å². The molecule has 2 nitrogen and oxygen atoms in total. The highest BCUT2D eigenvalue weighted by molar-refractivity contribution is 5.27. The van der Waals surface area contributed by atoms with Crippen LogP contribution in [0.2, 0.25) is 0 Å². The zero-order valence-corrected chi connectivity index (χ0v) is 11.7. The number of hydrogen-bond acceptors (Lipinski definition) is 2. The van der Waals surface area contributed by atoms with Crippen molar-refractivity contribution in [1.82, 2.24) is 0 Å². The van der Waals surface area contributed by atoms with E-state index in [4.69, 9.17) is 9.84 Å². The van der Waals surface area contributed by atoms with E-state index in [1.807, 2.05) is 12.1 Å². The third kappa shape index (κ3) is 5.54. The van der Waals surface area contributed by atoms with Gasteiger partial charge in [0.2, 0.25) is 0 Å². The number of hydrogen-bond donors (Lipinski definition) is 1. The van der Waals surface area contributed by atoms with E-state index in [0.29, 0.717) is 6.61 Å². The molecule has 0 aromatic heterocycles. The van der Waals surface area contributed by atoms with Crippen molar-refractivity contribution < 1.29 is 9.84 Å². The second-order valence-electron chi connectivity index (χ2n) is 4.84. The van der Waals surface area contributed by atoms with Gasteiger partial charge in [-0.1, -0.05) is 51.7 Å². The standard InChI is InChI=1S/C16H26O2/c1-3-5-6-14(4-2)13-15-7-9-16(10-8-15)18-12-11-17/h7-10,14,17H,3-6,11-13H2,1-2H3. The van der Waals surface area contributed by atoms with E-state index in [1.165, 1.54) is 31.2 Å². The summed E-state index contributed by atoms with van der Waals surface area (Å²) in [5, 5.41) is 8.69. The van der Waals surface area contributed by atoms with Gasteiger partial charge in [0, 0.05) is 0 Å². The molecule has 0 spiro atoms. The lowest BCUT2D eigenvalue weighted by Gasteiger charge is -2.14. The number of benzene rings is 1. The van der Waals surface area contributed by atoms with Gasteiger partial charge in [-0.3, -0.25) is 0 Å². The van der Waals surface area contributed by atoms with Gasteiger partial charge < -0.3 is 9.84 Å². The van der Waals surface area contributed by atoms with Gasteiger partial charge in [0.15, 0.2) is 0 Å². The predicted molar refractivity (Wildman–Crippen MR) is 76.0 cm³/mol. The van der Waals surface area contributed by atoms with E-state index in [1.54, 1.807) is 0 Å². The molecule has 1 rings (SSSR count). The number of rotatable bonds is 9. The Bertz CT molecular complexity index is 305. The second kappa shape index (κ2) is 8.98. The maximum atomic E-state index is 8.69. The van der Waals surface area contributed by atoms with Crippen molar-refractivity contribution in [3.05, 3.63) is 29.8 Å². The quantitative estimate of drug-likeness (QED) is 0.722. The Morgan fingerprint density at radius 2 is 1.89 bits per heavy atom. The van der Waals surface area contributed by atoms with Crippen molar-refractivity contribution in [2.75, 3.05) is 13.2 Å². The van der Waals surface area contributed by atoms with Crippen molar-refractivity contribution >= 4 is 0 Å². The molecule has 102 valence electrons. The van der Waals surface area contributed by atoms with Crippen molar-refractivity contribution in [2.45, 2.75) is 46.0 Å². The summed E-state index contributed by atoms with van der Waals surface area (Å²) in [7, 11) is 0. The van der Waals surface area contributed by atoms with Gasteiger partial charge >= 0.3 is 0 Å². The molecule has 0 amide bonds. The van der Waals surface area contributed by atoms with Gasteiger partial charge in [0.25, 0.3) is 0 Å². The zero-order chi connectivity index (χ0) is 13.2. The minimum Gasteiger partial charge on any atom is -0.491 e. The summed E-state index contributed by atoms with van der Waals surface area (Å²) in [5.74, 6) is 1.64. The number of aliphatic hydroxyl groups is 1. The van der Waals surface area contributed by atoms with Crippen LogP contribution in [0.3, 0.4) is 0 Å². The smallest absolute Gasteiger partial charge is 0.119 e. The Kier molecular flexibility index (Phi) is 7.51. The Balaban J connectivity index is 2.45. The zero-order valence-electron chi connectivity index (χ0n) is 11.7. The summed E-state index contributed by atoms with van der Waals surface area (Å²) >= 11 is 0. The molecule has 0 aliphatic rings. The first-order valence-electron chi connectivity index (χ1n) is 7.12. The number of unbranched alkanes of at least 4 members (excludes halogenated alkanes) is 1. The molecule has 1 atom stereocenters. The fourth-order valence-electron chi connectivity index (χ4n) is 2.16. The molecule has 0 saturated carbocycles. The summed E-state index contributed by atoms with van der Waals surface area (Å²) < 4.78 is 5.36. The van der Waals surface area contributed by atoms with Gasteiger partial charge in [-0.05, 0) is 30.0 Å². The average Bonchev–Trinajstić information content (AvgIpc) is 2.42. The summed E-state index contributed by atoms with van der Waals surface area (Å²) in [5.41, 5.74) is 1.38. The summed E-state index contributed by atoms with van der Waals surface area (Å²) in [6, 6.07) is 8.28. The molecule has 0 heterocycles. The van der Waals surface area contributed by atoms with E-state index in [-0.39, 0.29) is 6.61 Å². The molecule has 0 aliphatic carbocycles. The van der Waals surface area contributed by atoms with Crippen LogP contribution in [0, 0.1) is 5.92 Å². The highest BCUT2D eigenvalue weighted by Gasteiger charge is 2.07. The highest BCUT2D eigenvalue weighted by atomic mass is 16.5. The largest absolute Gasteiger partial charge is 0.491 e.